The Labute approximate surface area is 148 Å². The van der Waals surface area contributed by atoms with E-state index in [1.165, 1.54) is 7.11 Å². The van der Waals surface area contributed by atoms with Crippen molar-refractivity contribution >= 4 is 30.2 Å². The van der Waals surface area contributed by atoms with Crippen LogP contribution in [0.1, 0.15) is 24.5 Å². The molecule has 0 fully saturated rings. The minimum absolute atomic E-state index is 0.243. The Morgan fingerprint density at radius 3 is 2.04 bits per heavy atom. The SMILES string of the molecule is COC(=O)C(C)CC=O.O=CC(=Cc1ccccc1)c1ccccc1. The molecule has 0 heterocycles. The summed E-state index contributed by atoms with van der Waals surface area (Å²) >= 11 is 0. The molecule has 0 saturated carbocycles. The van der Waals surface area contributed by atoms with Gasteiger partial charge in [-0.05, 0) is 17.2 Å². The Balaban J connectivity index is 0.000000299. The summed E-state index contributed by atoms with van der Waals surface area (Å²) in [6.07, 6.45) is 3.74. The number of ether oxygens (including phenoxy) is 1. The number of hydrogen-bond acceptors (Lipinski definition) is 4. The lowest BCUT2D eigenvalue weighted by molar-refractivity contribution is -0.145. The summed E-state index contributed by atoms with van der Waals surface area (Å²) in [5.74, 6) is -0.630. The molecule has 0 aromatic heterocycles. The number of carbonyl (C=O) groups excluding carboxylic acids is 3. The van der Waals surface area contributed by atoms with Crippen LogP contribution in [0.15, 0.2) is 60.7 Å². The largest absolute Gasteiger partial charge is 0.469 e. The third-order valence-corrected chi connectivity index (χ3v) is 3.41. The van der Waals surface area contributed by atoms with Gasteiger partial charge in [0, 0.05) is 12.0 Å². The van der Waals surface area contributed by atoms with Gasteiger partial charge in [-0.25, -0.2) is 0 Å². The van der Waals surface area contributed by atoms with Crippen LogP contribution in [0.2, 0.25) is 0 Å². The van der Waals surface area contributed by atoms with E-state index in [1.54, 1.807) is 6.92 Å². The average Bonchev–Trinajstić information content (AvgIpc) is 2.67. The van der Waals surface area contributed by atoms with Gasteiger partial charge in [-0.15, -0.1) is 0 Å². The molecule has 0 bridgehead atoms. The molecule has 2 aromatic carbocycles. The first kappa shape index (κ1) is 20.0. The lowest BCUT2D eigenvalue weighted by Crippen LogP contribution is -2.12. The molecule has 25 heavy (non-hydrogen) atoms. The van der Waals surface area contributed by atoms with E-state index in [0.29, 0.717) is 11.9 Å². The van der Waals surface area contributed by atoms with E-state index in [9.17, 15) is 14.4 Å². The van der Waals surface area contributed by atoms with Gasteiger partial charge in [-0.1, -0.05) is 67.6 Å². The van der Waals surface area contributed by atoms with Crippen LogP contribution in [0.4, 0.5) is 0 Å². The van der Waals surface area contributed by atoms with E-state index in [2.05, 4.69) is 4.74 Å². The van der Waals surface area contributed by atoms with Crippen molar-refractivity contribution in [2.45, 2.75) is 13.3 Å². The maximum absolute atomic E-state index is 11.0. The number of benzene rings is 2. The topological polar surface area (TPSA) is 60.4 Å². The molecular weight excluding hydrogens is 316 g/mol. The van der Waals surface area contributed by atoms with Gasteiger partial charge < -0.3 is 9.53 Å². The van der Waals surface area contributed by atoms with E-state index in [4.69, 9.17) is 0 Å². The van der Waals surface area contributed by atoms with Crippen molar-refractivity contribution in [2.24, 2.45) is 5.92 Å². The summed E-state index contributed by atoms with van der Waals surface area (Å²) in [5, 5.41) is 0. The Hall–Kier alpha value is -3.01. The molecule has 2 aromatic rings. The second-order valence-electron chi connectivity index (χ2n) is 5.32. The van der Waals surface area contributed by atoms with Crippen molar-refractivity contribution < 1.29 is 19.1 Å². The summed E-state index contributed by atoms with van der Waals surface area (Å²) in [7, 11) is 1.31. The molecule has 0 saturated heterocycles. The number of methoxy groups -OCH3 is 1. The number of hydrogen-bond donors (Lipinski definition) is 0. The second kappa shape index (κ2) is 11.5. The zero-order valence-corrected chi connectivity index (χ0v) is 14.4. The van der Waals surface area contributed by atoms with Crippen molar-refractivity contribution in [3.05, 3.63) is 71.8 Å². The van der Waals surface area contributed by atoms with E-state index in [0.717, 1.165) is 17.4 Å². The average molecular weight is 338 g/mol. The second-order valence-corrected chi connectivity index (χ2v) is 5.32. The van der Waals surface area contributed by atoms with E-state index < -0.39 is 0 Å². The molecular formula is C21H22O4. The van der Waals surface area contributed by atoms with Crippen molar-refractivity contribution in [1.82, 2.24) is 0 Å². The van der Waals surface area contributed by atoms with Crippen LogP contribution in [0.3, 0.4) is 0 Å². The summed E-state index contributed by atoms with van der Waals surface area (Å²) in [5.41, 5.74) is 2.68. The summed E-state index contributed by atoms with van der Waals surface area (Å²) in [4.78, 5) is 31.4. The van der Waals surface area contributed by atoms with Crippen LogP contribution in [0.5, 0.6) is 0 Å². The Morgan fingerprint density at radius 2 is 1.56 bits per heavy atom. The van der Waals surface area contributed by atoms with Crippen LogP contribution < -0.4 is 0 Å². The molecule has 0 radical (unpaired) electrons. The smallest absolute Gasteiger partial charge is 0.308 e. The highest BCUT2D eigenvalue weighted by atomic mass is 16.5. The Morgan fingerprint density at radius 1 is 1.00 bits per heavy atom. The minimum atomic E-state index is -0.331. The lowest BCUT2D eigenvalue weighted by atomic mass is 10.0. The number of rotatable bonds is 6. The van der Waals surface area contributed by atoms with Crippen molar-refractivity contribution in [1.29, 1.82) is 0 Å². The van der Waals surface area contributed by atoms with Crippen LogP contribution in [-0.4, -0.2) is 25.7 Å². The highest BCUT2D eigenvalue weighted by Gasteiger charge is 2.10. The fourth-order valence-corrected chi connectivity index (χ4v) is 1.99. The third-order valence-electron chi connectivity index (χ3n) is 3.41. The van der Waals surface area contributed by atoms with Gasteiger partial charge >= 0.3 is 5.97 Å². The summed E-state index contributed by atoms with van der Waals surface area (Å²) < 4.78 is 4.37. The van der Waals surface area contributed by atoms with Crippen molar-refractivity contribution in [3.8, 4) is 0 Å². The van der Waals surface area contributed by atoms with Crippen LogP contribution >= 0.6 is 0 Å². The van der Waals surface area contributed by atoms with E-state index in [1.807, 2.05) is 66.7 Å². The van der Waals surface area contributed by atoms with E-state index >= 15 is 0 Å². The maximum atomic E-state index is 11.0. The molecule has 2 rings (SSSR count). The molecule has 0 aliphatic heterocycles. The van der Waals surface area contributed by atoms with Gasteiger partial charge in [-0.3, -0.25) is 9.59 Å². The first-order chi connectivity index (χ1) is 12.1. The third kappa shape index (κ3) is 7.40. The van der Waals surface area contributed by atoms with Gasteiger partial charge in [0.25, 0.3) is 0 Å². The van der Waals surface area contributed by atoms with Gasteiger partial charge in [0.15, 0.2) is 6.29 Å². The molecule has 0 aliphatic rings. The number of esters is 1. The Kier molecular flexibility index (Phi) is 9.23. The highest BCUT2D eigenvalue weighted by Crippen LogP contribution is 2.15. The van der Waals surface area contributed by atoms with Crippen LogP contribution in [0, 0.1) is 5.92 Å². The molecule has 0 spiro atoms. The highest BCUT2D eigenvalue weighted by molar-refractivity contribution is 6.13. The molecule has 0 aliphatic carbocycles. The zero-order valence-electron chi connectivity index (χ0n) is 14.4. The standard InChI is InChI=1S/C15H12O.C6H10O3/c16-12-15(14-9-5-2-6-10-14)11-13-7-3-1-4-8-13;1-5(3-4-7)6(8)9-2/h1-12H;4-5H,3H2,1-2H3. The fourth-order valence-electron chi connectivity index (χ4n) is 1.99. The first-order valence-electron chi connectivity index (χ1n) is 7.91. The zero-order chi connectivity index (χ0) is 18.5. The van der Waals surface area contributed by atoms with Gasteiger partial charge in [0.2, 0.25) is 0 Å². The molecule has 1 unspecified atom stereocenters. The molecule has 0 amide bonds. The molecule has 130 valence electrons. The predicted molar refractivity (Wildman–Crippen MR) is 98.7 cm³/mol. The minimum Gasteiger partial charge on any atom is -0.469 e. The monoisotopic (exact) mass is 338 g/mol. The fraction of sp³-hybridized carbons (Fsp3) is 0.190. The van der Waals surface area contributed by atoms with Gasteiger partial charge in [0.05, 0.1) is 13.0 Å². The lowest BCUT2D eigenvalue weighted by Gasteiger charge is -2.02. The van der Waals surface area contributed by atoms with Crippen LogP contribution in [-0.2, 0) is 19.1 Å². The number of allylic oxidation sites excluding steroid dienone is 1. The van der Waals surface area contributed by atoms with Crippen molar-refractivity contribution in [3.63, 3.8) is 0 Å². The van der Waals surface area contributed by atoms with Gasteiger partial charge in [-0.2, -0.15) is 0 Å². The quantitative estimate of drug-likeness (QED) is 0.348. The molecule has 4 heteroatoms. The number of carbonyl (C=O) groups is 3. The molecule has 4 nitrogen and oxygen atoms in total. The van der Waals surface area contributed by atoms with Gasteiger partial charge in [0.1, 0.15) is 6.29 Å². The van der Waals surface area contributed by atoms with Crippen molar-refractivity contribution in [2.75, 3.05) is 7.11 Å². The summed E-state index contributed by atoms with van der Waals surface area (Å²) in [6, 6.07) is 19.5. The predicted octanol–water partition coefficient (Wildman–Crippen LogP) is 3.81. The first-order valence-corrected chi connectivity index (χ1v) is 7.91. The molecule has 1 atom stereocenters. The van der Waals surface area contributed by atoms with E-state index in [-0.39, 0.29) is 18.3 Å². The van der Waals surface area contributed by atoms with Crippen LogP contribution in [0.25, 0.3) is 11.6 Å². The Bertz CT molecular complexity index is 690. The normalized spacial score (nSPS) is 11.5. The summed E-state index contributed by atoms with van der Waals surface area (Å²) in [6.45, 7) is 1.65. The maximum Gasteiger partial charge on any atom is 0.308 e. The molecule has 0 N–H and O–H groups in total. The number of aldehydes is 2.